The Morgan fingerprint density at radius 1 is 1.36 bits per heavy atom. The second-order valence-electron chi connectivity index (χ2n) is 5.33. The molecule has 3 rings (SSSR count). The first-order chi connectivity index (χ1) is 12.0. The lowest BCUT2D eigenvalue weighted by Crippen LogP contribution is -2.22. The van der Waals surface area contributed by atoms with Crippen molar-refractivity contribution in [3.8, 4) is 0 Å². The molecule has 25 heavy (non-hydrogen) atoms. The number of aromatic nitrogens is 3. The van der Waals surface area contributed by atoms with Crippen LogP contribution in [0, 0.1) is 5.41 Å². The molecule has 0 atom stereocenters. The summed E-state index contributed by atoms with van der Waals surface area (Å²) in [6.45, 7) is 2.37. The number of anilines is 1. The average Bonchev–Trinajstić information content (AvgIpc) is 3.04. The van der Waals surface area contributed by atoms with E-state index in [1.54, 1.807) is 31.4 Å². The van der Waals surface area contributed by atoms with Gasteiger partial charge in [-0.2, -0.15) is 0 Å². The molecule has 0 bridgehead atoms. The zero-order valence-electron chi connectivity index (χ0n) is 13.8. The van der Waals surface area contributed by atoms with Crippen LogP contribution in [0.5, 0.6) is 0 Å². The highest BCUT2D eigenvalue weighted by Gasteiger charge is 2.17. The van der Waals surface area contributed by atoms with Gasteiger partial charge in [0, 0.05) is 36.1 Å². The van der Waals surface area contributed by atoms with Gasteiger partial charge in [0.15, 0.2) is 5.65 Å². The third-order valence-electron chi connectivity index (χ3n) is 3.74. The molecule has 0 aliphatic carbocycles. The van der Waals surface area contributed by atoms with Crippen LogP contribution >= 0.6 is 11.6 Å². The quantitative estimate of drug-likeness (QED) is 0.527. The van der Waals surface area contributed by atoms with E-state index in [-0.39, 0.29) is 11.6 Å². The largest absolute Gasteiger partial charge is 0.388 e. The summed E-state index contributed by atoms with van der Waals surface area (Å²) in [6, 6.07) is 5.21. The van der Waals surface area contributed by atoms with E-state index in [9.17, 15) is 4.79 Å². The highest BCUT2D eigenvalue weighted by molar-refractivity contribution is 6.31. The van der Waals surface area contributed by atoms with E-state index in [2.05, 4.69) is 25.6 Å². The van der Waals surface area contributed by atoms with Gasteiger partial charge < -0.3 is 15.6 Å². The smallest absolute Gasteiger partial charge is 0.255 e. The number of rotatable bonds is 5. The molecule has 0 spiro atoms. The molecule has 0 saturated heterocycles. The molecule has 8 heteroatoms. The fourth-order valence-corrected chi connectivity index (χ4v) is 2.69. The van der Waals surface area contributed by atoms with E-state index in [1.165, 1.54) is 6.20 Å². The summed E-state index contributed by atoms with van der Waals surface area (Å²) >= 11 is 6.01. The highest BCUT2D eigenvalue weighted by Crippen LogP contribution is 2.23. The molecule has 0 saturated carbocycles. The second kappa shape index (κ2) is 6.90. The Hall–Kier alpha value is -2.93. The Labute approximate surface area is 149 Å². The Bertz CT molecular complexity index is 965. The normalized spacial score (nSPS) is 10.7. The van der Waals surface area contributed by atoms with Crippen LogP contribution in [0.2, 0.25) is 5.02 Å². The predicted octanol–water partition coefficient (Wildman–Crippen LogP) is 2.82. The van der Waals surface area contributed by atoms with E-state index in [4.69, 9.17) is 17.0 Å². The van der Waals surface area contributed by atoms with Crippen molar-refractivity contribution >= 4 is 40.1 Å². The van der Waals surface area contributed by atoms with Gasteiger partial charge >= 0.3 is 0 Å². The van der Waals surface area contributed by atoms with Gasteiger partial charge in [0.25, 0.3) is 5.91 Å². The Morgan fingerprint density at radius 3 is 2.88 bits per heavy atom. The van der Waals surface area contributed by atoms with E-state index in [0.717, 1.165) is 5.69 Å². The number of H-pyrrole nitrogens is 1. The number of benzene rings is 1. The van der Waals surface area contributed by atoms with Crippen LogP contribution in [0.15, 0.2) is 30.6 Å². The number of nitrogens with zero attached hydrogens (tertiary/aromatic N) is 2. The number of carbonyl (C=O) groups is 1. The minimum atomic E-state index is -0.228. The molecule has 1 amide bonds. The molecule has 2 aromatic heterocycles. The summed E-state index contributed by atoms with van der Waals surface area (Å²) < 4.78 is 0. The summed E-state index contributed by atoms with van der Waals surface area (Å²) in [5.41, 5.74) is 3.28. The van der Waals surface area contributed by atoms with Crippen molar-refractivity contribution in [1.82, 2.24) is 20.3 Å². The van der Waals surface area contributed by atoms with E-state index in [1.807, 2.05) is 6.92 Å². The molecule has 0 aliphatic rings. The van der Waals surface area contributed by atoms with Crippen LogP contribution in [0.3, 0.4) is 0 Å². The molecule has 128 valence electrons. The highest BCUT2D eigenvalue weighted by atomic mass is 35.5. The van der Waals surface area contributed by atoms with Gasteiger partial charge in [-0.3, -0.25) is 10.2 Å². The van der Waals surface area contributed by atoms with E-state index >= 15 is 0 Å². The number of carbonyl (C=O) groups excluding carboxylic acids is 1. The number of fused-ring (bicyclic) bond motifs is 1. The van der Waals surface area contributed by atoms with Gasteiger partial charge in [-0.15, -0.1) is 0 Å². The van der Waals surface area contributed by atoms with E-state index < -0.39 is 0 Å². The average molecular weight is 357 g/mol. The van der Waals surface area contributed by atoms with Crippen molar-refractivity contribution in [1.29, 1.82) is 5.41 Å². The van der Waals surface area contributed by atoms with Gasteiger partial charge in [-0.25, -0.2) is 9.97 Å². The van der Waals surface area contributed by atoms with E-state index in [0.29, 0.717) is 39.6 Å². The molecule has 1 aromatic carbocycles. The molecular formula is C17H17ClN6O. The molecular weight excluding hydrogens is 340 g/mol. The summed E-state index contributed by atoms with van der Waals surface area (Å²) in [5.74, 6) is -0.228. The Balaban J connectivity index is 2.05. The van der Waals surface area contributed by atoms with Crippen LogP contribution < -0.4 is 10.6 Å². The lowest BCUT2D eigenvalue weighted by atomic mass is 10.1. The van der Waals surface area contributed by atoms with Crippen molar-refractivity contribution in [3.05, 3.63) is 52.4 Å². The van der Waals surface area contributed by atoms with Gasteiger partial charge in [0.2, 0.25) is 0 Å². The lowest BCUT2D eigenvalue weighted by Gasteiger charge is -2.10. The van der Waals surface area contributed by atoms with Gasteiger partial charge in [0.05, 0.1) is 17.5 Å². The summed E-state index contributed by atoms with van der Waals surface area (Å²) in [4.78, 5) is 23.8. The third kappa shape index (κ3) is 3.18. The number of halogens is 1. The zero-order chi connectivity index (χ0) is 18.0. The number of hydrogen-bond donors (Lipinski definition) is 4. The van der Waals surface area contributed by atoms with Crippen molar-refractivity contribution in [2.75, 3.05) is 18.9 Å². The van der Waals surface area contributed by atoms with Gasteiger partial charge in [0.1, 0.15) is 11.2 Å². The minimum absolute atomic E-state index is 0.193. The molecule has 0 unspecified atom stereocenters. The first-order valence-corrected chi connectivity index (χ1v) is 8.11. The minimum Gasteiger partial charge on any atom is -0.388 e. The maximum Gasteiger partial charge on any atom is 0.255 e. The van der Waals surface area contributed by atoms with Gasteiger partial charge in [-0.05, 0) is 25.1 Å². The standard InChI is InChI=1S/C17H17ClN6O/c1-3-21-17(25)11-7-22-16-15(11)24-13(8-23-16)14(19)10-5-4-9(18)6-12(10)20-2/h4-8,19-20H,3H2,1-2H3,(H,21,25)(H,22,23). The van der Waals surface area contributed by atoms with Gasteiger partial charge in [-0.1, -0.05) is 11.6 Å². The number of aromatic amines is 1. The van der Waals surface area contributed by atoms with Crippen molar-refractivity contribution in [3.63, 3.8) is 0 Å². The third-order valence-corrected chi connectivity index (χ3v) is 3.97. The number of nitrogens with one attached hydrogen (secondary N) is 4. The Morgan fingerprint density at radius 2 is 2.16 bits per heavy atom. The van der Waals surface area contributed by atoms with Crippen molar-refractivity contribution in [2.45, 2.75) is 6.92 Å². The van der Waals surface area contributed by atoms with Crippen molar-refractivity contribution in [2.24, 2.45) is 0 Å². The number of hydrogen-bond acceptors (Lipinski definition) is 5. The molecule has 2 heterocycles. The second-order valence-corrected chi connectivity index (χ2v) is 5.77. The fourth-order valence-electron chi connectivity index (χ4n) is 2.52. The SMILES string of the molecule is CCNC(=O)c1c[nH]c2ncc(C(=N)c3ccc(Cl)cc3NC)nc12. The molecule has 0 radical (unpaired) electrons. The fraction of sp³-hybridized carbons (Fsp3) is 0.176. The molecule has 3 aromatic rings. The first-order valence-electron chi connectivity index (χ1n) is 7.74. The molecule has 0 aliphatic heterocycles. The molecule has 7 nitrogen and oxygen atoms in total. The van der Waals surface area contributed by atoms with Crippen LogP contribution in [-0.2, 0) is 0 Å². The summed E-state index contributed by atoms with van der Waals surface area (Å²) in [5, 5.41) is 14.8. The van der Waals surface area contributed by atoms with Crippen LogP contribution in [0.25, 0.3) is 11.2 Å². The summed E-state index contributed by atoms with van der Waals surface area (Å²) in [6.07, 6.45) is 3.08. The van der Waals surface area contributed by atoms with Crippen LogP contribution in [0.4, 0.5) is 5.69 Å². The molecule has 0 fully saturated rings. The van der Waals surface area contributed by atoms with Crippen LogP contribution in [0.1, 0.15) is 28.5 Å². The monoisotopic (exact) mass is 356 g/mol. The maximum absolute atomic E-state index is 12.1. The van der Waals surface area contributed by atoms with Crippen molar-refractivity contribution < 1.29 is 4.79 Å². The lowest BCUT2D eigenvalue weighted by molar-refractivity contribution is 0.0957. The predicted molar refractivity (Wildman–Crippen MR) is 98.8 cm³/mol. The number of amides is 1. The first kappa shape index (κ1) is 16.9. The van der Waals surface area contributed by atoms with Crippen LogP contribution in [-0.4, -0.2) is 40.2 Å². The maximum atomic E-state index is 12.1. The topological polar surface area (TPSA) is 107 Å². The zero-order valence-corrected chi connectivity index (χ0v) is 14.5. The summed E-state index contributed by atoms with van der Waals surface area (Å²) in [7, 11) is 1.76. The Kier molecular flexibility index (Phi) is 4.67. The molecule has 4 N–H and O–H groups in total.